The summed E-state index contributed by atoms with van der Waals surface area (Å²) < 4.78 is 0. The van der Waals surface area contributed by atoms with E-state index in [1.54, 1.807) is 0 Å². The quantitative estimate of drug-likeness (QED) is 0.537. The Kier molecular flexibility index (Phi) is 1.79. The third-order valence-corrected chi connectivity index (χ3v) is 4.95. The number of rotatable bonds is 1. The van der Waals surface area contributed by atoms with Crippen molar-refractivity contribution in [2.45, 2.75) is 45.8 Å². The second-order valence-corrected chi connectivity index (χ2v) is 5.38. The average Bonchev–Trinajstić information content (AvgIpc) is 2.36. The Morgan fingerprint density at radius 1 is 1.31 bits per heavy atom. The fourth-order valence-corrected chi connectivity index (χ4v) is 3.50. The van der Waals surface area contributed by atoms with E-state index in [0.717, 1.165) is 12.8 Å². The van der Waals surface area contributed by atoms with Crippen LogP contribution in [0, 0.1) is 16.7 Å². The number of hydrogen-bond donors (Lipinski definition) is 3. The lowest BCUT2D eigenvalue weighted by molar-refractivity contribution is -0.0284. The van der Waals surface area contributed by atoms with E-state index in [2.05, 4.69) is 26.3 Å². The van der Waals surface area contributed by atoms with Crippen LogP contribution in [0.25, 0.3) is 0 Å². The van der Waals surface area contributed by atoms with Crippen LogP contribution in [0.15, 0.2) is 0 Å². The van der Waals surface area contributed by atoms with Gasteiger partial charge in [0, 0.05) is 5.41 Å². The Hall–Kier alpha value is -0.120. The number of fused-ring (bicyclic) bond motifs is 2. The highest BCUT2D eigenvalue weighted by Crippen LogP contribution is 2.65. The minimum absolute atomic E-state index is 0.0297. The third kappa shape index (κ3) is 0.853. The zero-order chi connectivity index (χ0) is 9.85. The maximum absolute atomic E-state index is 10.1. The van der Waals surface area contributed by atoms with E-state index >= 15 is 0 Å². The summed E-state index contributed by atoms with van der Waals surface area (Å²) in [6.07, 6.45) is 1.77. The van der Waals surface area contributed by atoms with Gasteiger partial charge >= 0.3 is 0 Å². The summed E-state index contributed by atoms with van der Waals surface area (Å²) in [4.78, 5) is 0. The molecule has 2 rings (SSSR count). The van der Waals surface area contributed by atoms with Crippen LogP contribution in [0.4, 0.5) is 0 Å². The fourth-order valence-electron chi connectivity index (χ4n) is 3.50. The highest BCUT2D eigenvalue weighted by molar-refractivity contribution is 5.16. The van der Waals surface area contributed by atoms with E-state index in [1.807, 2.05) is 0 Å². The second kappa shape index (κ2) is 2.47. The Morgan fingerprint density at radius 2 is 1.92 bits per heavy atom. The predicted molar refractivity (Wildman–Crippen MR) is 49.3 cm³/mol. The van der Waals surface area contributed by atoms with Crippen LogP contribution in [0.5, 0.6) is 0 Å². The fraction of sp³-hybridized carbons (Fsp3) is 1.00. The van der Waals surface area contributed by atoms with Crippen LogP contribution in [-0.4, -0.2) is 22.5 Å². The molecule has 2 aliphatic carbocycles. The lowest BCUT2D eigenvalue weighted by Gasteiger charge is -2.36. The molecule has 4 atom stereocenters. The Labute approximate surface area is 79.1 Å². The lowest BCUT2D eigenvalue weighted by Crippen LogP contribution is -2.45. The van der Waals surface area contributed by atoms with E-state index in [4.69, 9.17) is 5.21 Å². The normalized spacial score (nSPS) is 52.8. The van der Waals surface area contributed by atoms with Crippen LogP contribution >= 0.6 is 0 Å². The highest BCUT2D eigenvalue weighted by atomic mass is 16.5. The maximum Gasteiger partial charge on any atom is 0.0777 e. The van der Waals surface area contributed by atoms with Gasteiger partial charge in [-0.2, -0.15) is 5.48 Å². The number of hydrogen-bond acceptors (Lipinski definition) is 3. The molecule has 3 nitrogen and oxygen atoms in total. The molecule has 0 aromatic carbocycles. The van der Waals surface area contributed by atoms with Crippen LogP contribution in [0.2, 0.25) is 0 Å². The number of aliphatic hydroxyl groups excluding tert-OH is 1. The van der Waals surface area contributed by atoms with Gasteiger partial charge in [0.1, 0.15) is 0 Å². The molecule has 2 saturated carbocycles. The molecule has 0 aromatic heterocycles. The molecule has 0 heterocycles. The van der Waals surface area contributed by atoms with Crippen LogP contribution in [0.1, 0.15) is 33.6 Å². The van der Waals surface area contributed by atoms with Crippen molar-refractivity contribution in [3.05, 3.63) is 0 Å². The summed E-state index contributed by atoms with van der Waals surface area (Å²) in [5, 5.41) is 19.0. The molecule has 0 aliphatic heterocycles. The van der Waals surface area contributed by atoms with Gasteiger partial charge in [-0.3, -0.25) is 0 Å². The number of aliphatic hydroxyl groups is 1. The van der Waals surface area contributed by atoms with Crippen molar-refractivity contribution in [2.75, 3.05) is 0 Å². The average molecular weight is 185 g/mol. The molecular formula is C10H19NO2. The number of nitrogens with one attached hydrogen (secondary N) is 1. The molecule has 3 N–H and O–H groups in total. The molecule has 0 unspecified atom stereocenters. The summed E-state index contributed by atoms with van der Waals surface area (Å²) in [7, 11) is 0. The lowest BCUT2D eigenvalue weighted by atomic mass is 9.70. The predicted octanol–water partition coefficient (Wildman–Crippen LogP) is 1.15. The van der Waals surface area contributed by atoms with Gasteiger partial charge in [0.25, 0.3) is 0 Å². The molecule has 76 valence electrons. The first-order valence-electron chi connectivity index (χ1n) is 5.03. The van der Waals surface area contributed by atoms with Crippen molar-refractivity contribution in [3.8, 4) is 0 Å². The molecule has 3 heteroatoms. The van der Waals surface area contributed by atoms with Crippen molar-refractivity contribution in [3.63, 3.8) is 0 Å². The SMILES string of the molecule is CC1(C)[C@@H]2CC[C@@]1(C)[C@H](O)[C@@H]2NO. The molecular weight excluding hydrogens is 166 g/mol. The number of hydroxylamine groups is 1. The first-order valence-corrected chi connectivity index (χ1v) is 5.03. The van der Waals surface area contributed by atoms with Gasteiger partial charge in [0.15, 0.2) is 0 Å². The van der Waals surface area contributed by atoms with Crippen LogP contribution in [-0.2, 0) is 0 Å². The van der Waals surface area contributed by atoms with Gasteiger partial charge in [-0.1, -0.05) is 20.8 Å². The van der Waals surface area contributed by atoms with Crippen molar-refractivity contribution < 1.29 is 10.3 Å². The van der Waals surface area contributed by atoms with Gasteiger partial charge in [-0.15, -0.1) is 0 Å². The van der Waals surface area contributed by atoms with Crippen molar-refractivity contribution >= 4 is 0 Å². The molecule has 2 aliphatic rings. The molecule has 2 bridgehead atoms. The Morgan fingerprint density at radius 3 is 2.23 bits per heavy atom. The minimum Gasteiger partial charge on any atom is -0.391 e. The van der Waals surface area contributed by atoms with E-state index in [9.17, 15) is 5.11 Å². The summed E-state index contributed by atoms with van der Waals surface area (Å²) >= 11 is 0. The third-order valence-electron chi connectivity index (χ3n) is 4.95. The van der Waals surface area contributed by atoms with Gasteiger partial charge in [0.2, 0.25) is 0 Å². The molecule has 0 radical (unpaired) electrons. The standard InChI is InChI=1S/C10H19NO2/c1-9(2)6-4-5-10(9,3)8(12)7(6)11-13/h6-8,11-13H,4-5H2,1-3H3/t6-,7-,8-,10+/m1/s1. The van der Waals surface area contributed by atoms with Gasteiger partial charge in [-0.05, 0) is 24.2 Å². The van der Waals surface area contributed by atoms with E-state index < -0.39 is 6.10 Å². The Bertz CT molecular complexity index is 229. The second-order valence-electron chi connectivity index (χ2n) is 5.38. The minimum atomic E-state index is -0.411. The zero-order valence-electron chi connectivity index (χ0n) is 8.54. The first-order chi connectivity index (χ1) is 5.95. The molecule has 0 aromatic rings. The van der Waals surface area contributed by atoms with Crippen molar-refractivity contribution in [1.82, 2.24) is 5.48 Å². The smallest absolute Gasteiger partial charge is 0.0777 e. The van der Waals surface area contributed by atoms with E-state index in [1.165, 1.54) is 0 Å². The highest BCUT2D eigenvalue weighted by Gasteiger charge is 2.65. The van der Waals surface area contributed by atoms with Gasteiger partial charge in [0.05, 0.1) is 12.1 Å². The summed E-state index contributed by atoms with van der Waals surface area (Å²) in [5.41, 5.74) is 2.38. The van der Waals surface area contributed by atoms with Crippen molar-refractivity contribution in [1.29, 1.82) is 0 Å². The summed E-state index contributed by atoms with van der Waals surface area (Å²) in [6.45, 7) is 6.53. The Balaban J connectivity index is 2.39. The van der Waals surface area contributed by atoms with Gasteiger partial charge < -0.3 is 10.3 Å². The zero-order valence-corrected chi connectivity index (χ0v) is 8.54. The molecule has 0 saturated heterocycles. The monoisotopic (exact) mass is 185 g/mol. The van der Waals surface area contributed by atoms with Crippen LogP contribution < -0.4 is 5.48 Å². The van der Waals surface area contributed by atoms with E-state index in [0.29, 0.717) is 5.92 Å². The van der Waals surface area contributed by atoms with Crippen molar-refractivity contribution in [2.24, 2.45) is 16.7 Å². The first kappa shape index (κ1) is 9.44. The van der Waals surface area contributed by atoms with Gasteiger partial charge in [-0.25, -0.2) is 0 Å². The topological polar surface area (TPSA) is 52.5 Å². The molecule has 2 fully saturated rings. The summed E-state index contributed by atoms with van der Waals surface area (Å²) in [5.74, 6) is 0.400. The molecule has 13 heavy (non-hydrogen) atoms. The maximum atomic E-state index is 10.1. The van der Waals surface area contributed by atoms with Crippen LogP contribution in [0.3, 0.4) is 0 Å². The molecule has 0 spiro atoms. The summed E-state index contributed by atoms with van der Waals surface area (Å²) in [6, 6.07) is -0.131. The largest absolute Gasteiger partial charge is 0.391 e. The van der Waals surface area contributed by atoms with E-state index in [-0.39, 0.29) is 16.9 Å². The molecule has 0 amide bonds.